The zero-order valence-electron chi connectivity index (χ0n) is 32.4. The van der Waals surface area contributed by atoms with Crippen LogP contribution in [0.2, 0.25) is 6.32 Å². The van der Waals surface area contributed by atoms with E-state index in [1.54, 1.807) is 24.6 Å². The van der Waals surface area contributed by atoms with E-state index in [4.69, 9.17) is 0 Å². The SMILES string of the molecule is CCCCCCCCCCCC[B-](c1ccccc1)(c1ccccc1)c1ccccc1.CCCC[P+](CCCC)(CCCC)CCCC. The van der Waals surface area contributed by atoms with Crippen molar-refractivity contribution < 1.29 is 0 Å². The number of hydrogen-bond donors (Lipinski definition) is 0. The van der Waals surface area contributed by atoms with E-state index in [1.165, 1.54) is 138 Å². The number of unbranched alkanes of at least 4 members (excludes halogenated alkanes) is 13. The Bertz CT molecular complexity index is 978. The molecule has 0 saturated heterocycles. The predicted octanol–water partition coefficient (Wildman–Crippen LogP) is 13.3. The second kappa shape index (κ2) is 26.9. The van der Waals surface area contributed by atoms with Crippen LogP contribution in [0, 0.1) is 0 Å². The Kier molecular flexibility index (Phi) is 23.8. The Morgan fingerprint density at radius 1 is 0.333 bits per heavy atom. The van der Waals surface area contributed by atoms with Gasteiger partial charge in [-0.25, -0.2) is 0 Å². The molecule has 3 aromatic rings. The molecule has 3 aromatic carbocycles. The van der Waals surface area contributed by atoms with E-state index in [0.29, 0.717) is 0 Å². The first-order chi connectivity index (χ1) is 23.6. The van der Waals surface area contributed by atoms with Crippen LogP contribution in [-0.2, 0) is 0 Å². The molecule has 268 valence electrons. The smallest absolute Gasteiger partial charge is 0.0814 e. The molecule has 0 fully saturated rings. The van der Waals surface area contributed by atoms with Gasteiger partial charge in [0.05, 0.1) is 30.8 Å². The molecule has 0 bridgehead atoms. The van der Waals surface area contributed by atoms with Crippen LogP contribution in [0.15, 0.2) is 91.0 Å². The van der Waals surface area contributed by atoms with E-state index in [2.05, 4.69) is 126 Å². The quantitative estimate of drug-likeness (QED) is 0.0453. The summed E-state index contributed by atoms with van der Waals surface area (Å²) in [7, 11) is -0.562. The van der Waals surface area contributed by atoms with Crippen molar-refractivity contribution >= 4 is 29.8 Å². The van der Waals surface area contributed by atoms with Gasteiger partial charge in [0.25, 0.3) is 0 Å². The van der Waals surface area contributed by atoms with E-state index in [9.17, 15) is 0 Å². The molecular formula is C46H76BP. The van der Waals surface area contributed by atoms with Crippen LogP contribution in [0.5, 0.6) is 0 Å². The molecule has 48 heavy (non-hydrogen) atoms. The molecule has 2 heteroatoms. The summed E-state index contributed by atoms with van der Waals surface area (Å²) >= 11 is 0. The Morgan fingerprint density at radius 2 is 0.604 bits per heavy atom. The molecule has 0 N–H and O–H groups in total. The molecule has 0 saturated carbocycles. The summed E-state index contributed by atoms with van der Waals surface area (Å²) in [4.78, 5) is 0. The summed E-state index contributed by atoms with van der Waals surface area (Å²) in [5, 5.41) is 0. The number of rotatable bonds is 26. The third-order valence-corrected chi connectivity index (χ3v) is 16.1. The lowest BCUT2D eigenvalue weighted by Crippen LogP contribution is -2.66. The monoisotopic (exact) mass is 671 g/mol. The standard InChI is InChI=1S/C30H40B.C16H36P/c1-2-3-4-5-6-7-8-9-10-20-27-31(28-21-14-11-15-22-28,29-23-16-12-17-24-29)30-25-18-13-19-26-30;1-5-9-13-17(14-10-6-2,15-11-7-3)16-12-8-4/h11-19,21-26H,2-10,20,27H2,1H3;5-16H2,1-4H3/q-1;+1. The van der Waals surface area contributed by atoms with Crippen molar-refractivity contribution in [2.75, 3.05) is 24.6 Å². The maximum absolute atomic E-state index is 2.36. The van der Waals surface area contributed by atoms with Gasteiger partial charge in [-0.2, -0.15) is 22.7 Å². The van der Waals surface area contributed by atoms with Gasteiger partial charge in [-0.15, -0.1) is 0 Å². The Balaban J connectivity index is 0.000000401. The third-order valence-electron chi connectivity index (χ3n) is 11.0. The van der Waals surface area contributed by atoms with E-state index in [-0.39, 0.29) is 0 Å². The largest absolute Gasteiger partial charge is 0.200 e. The first-order valence-corrected chi connectivity index (χ1v) is 23.3. The van der Waals surface area contributed by atoms with E-state index >= 15 is 0 Å². The van der Waals surface area contributed by atoms with Crippen LogP contribution in [0.1, 0.15) is 150 Å². The average Bonchev–Trinajstić information content (AvgIpc) is 3.15. The molecular weight excluding hydrogens is 594 g/mol. The molecule has 0 aliphatic rings. The zero-order chi connectivity index (χ0) is 34.6. The summed E-state index contributed by atoms with van der Waals surface area (Å²) in [5.74, 6) is 0. The second-order valence-electron chi connectivity index (χ2n) is 14.9. The topological polar surface area (TPSA) is 0 Å². The van der Waals surface area contributed by atoms with Gasteiger partial charge in [-0.05, 0) is 25.7 Å². The summed E-state index contributed by atoms with van der Waals surface area (Å²) < 4.78 is 0. The fourth-order valence-electron chi connectivity index (χ4n) is 8.00. The third kappa shape index (κ3) is 15.4. The number of hydrogen-bond acceptors (Lipinski definition) is 0. The lowest BCUT2D eigenvalue weighted by atomic mass is 9.14. The molecule has 3 rings (SSSR count). The van der Waals surface area contributed by atoms with Crippen LogP contribution in [0.3, 0.4) is 0 Å². The van der Waals surface area contributed by atoms with Crippen molar-refractivity contribution in [3.63, 3.8) is 0 Å². The maximum Gasteiger partial charge on any atom is 0.0814 e. The predicted molar refractivity (Wildman–Crippen MR) is 227 cm³/mol. The molecule has 0 aliphatic heterocycles. The van der Waals surface area contributed by atoms with Crippen molar-refractivity contribution in [2.45, 2.75) is 157 Å². The highest BCUT2D eigenvalue weighted by Crippen LogP contribution is 2.61. The van der Waals surface area contributed by atoms with Crippen LogP contribution in [-0.4, -0.2) is 30.8 Å². The van der Waals surface area contributed by atoms with Gasteiger partial charge >= 0.3 is 0 Å². The highest BCUT2D eigenvalue weighted by molar-refractivity contribution is 7.75. The van der Waals surface area contributed by atoms with Crippen LogP contribution >= 0.6 is 7.26 Å². The van der Waals surface area contributed by atoms with E-state index in [1.807, 2.05) is 0 Å². The molecule has 0 aliphatic carbocycles. The fourth-order valence-corrected chi connectivity index (χ4v) is 13.3. The summed E-state index contributed by atoms with van der Waals surface area (Å²) in [6.07, 6.45) is 32.0. The molecule has 0 atom stereocenters. The van der Waals surface area contributed by atoms with Gasteiger partial charge in [0.2, 0.25) is 0 Å². The summed E-state index contributed by atoms with van der Waals surface area (Å²) in [6, 6.07) is 33.7. The molecule has 0 amide bonds. The molecule has 0 heterocycles. The van der Waals surface area contributed by atoms with Gasteiger partial charge in [-0.3, -0.25) is 0 Å². The highest BCUT2D eigenvalue weighted by atomic mass is 31.2. The normalized spacial score (nSPS) is 11.7. The molecule has 0 aromatic heterocycles. The minimum absolute atomic E-state index is 0.562. The lowest BCUT2D eigenvalue weighted by Gasteiger charge is -2.43. The molecule has 0 nitrogen and oxygen atoms in total. The van der Waals surface area contributed by atoms with Gasteiger partial charge in [0.1, 0.15) is 0 Å². The maximum atomic E-state index is 2.36. The minimum Gasteiger partial charge on any atom is -0.200 e. The van der Waals surface area contributed by atoms with Crippen molar-refractivity contribution in [1.29, 1.82) is 0 Å². The zero-order valence-corrected chi connectivity index (χ0v) is 33.3. The molecule has 0 unspecified atom stereocenters. The molecule has 0 spiro atoms. The van der Waals surface area contributed by atoms with Crippen molar-refractivity contribution in [3.05, 3.63) is 91.0 Å². The fraction of sp³-hybridized carbons (Fsp3) is 0.609. The van der Waals surface area contributed by atoms with Crippen molar-refractivity contribution in [1.82, 2.24) is 0 Å². The Hall–Kier alpha value is -1.85. The van der Waals surface area contributed by atoms with Crippen LogP contribution in [0.4, 0.5) is 0 Å². The second-order valence-corrected chi connectivity index (χ2v) is 19.4. The highest BCUT2D eigenvalue weighted by Gasteiger charge is 2.34. The van der Waals surface area contributed by atoms with Gasteiger partial charge in [-0.1, -0.05) is 216 Å². The van der Waals surface area contributed by atoms with Crippen LogP contribution in [0.25, 0.3) is 0 Å². The van der Waals surface area contributed by atoms with Crippen molar-refractivity contribution in [3.8, 4) is 0 Å². The first-order valence-electron chi connectivity index (χ1n) is 20.8. The van der Waals surface area contributed by atoms with Gasteiger partial charge < -0.3 is 0 Å². The first kappa shape index (κ1) is 42.3. The lowest BCUT2D eigenvalue weighted by molar-refractivity contribution is 0.562. The Labute approximate surface area is 301 Å². The van der Waals surface area contributed by atoms with Crippen molar-refractivity contribution in [2.24, 2.45) is 0 Å². The Morgan fingerprint density at radius 3 is 0.896 bits per heavy atom. The van der Waals surface area contributed by atoms with Crippen LogP contribution < -0.4 is 16.4 Å². The molecule has 0 radical (unpaired) electrons. The number of benzene rings is 3. The van der Waals surface area contributed by atoms with E-state index in [0.717, 1.165) is 0 Å². The summed E-state index contributed by atoms with van der Waals surface area (Å²) in [6.45, 7) is 11.7. The average molecular weight is 671 g/mol. The van der Waals surface area contributed by atoms with Gasteiger partial charge in [0, 0.05) is 7.26 Å². The minimum atomic E-state index is -0.950. The van der Waals surface area contributed by atoms with Gasteiger partial charge in [0.15, 0.2) is 0 Å². The van der Waals surface area contributed by atoms with E-state index < -0.39 is 13.4 Å². The summed E-state index contributed by atoms with van der Waals surface area (Å²) in [5.41, 5.74) is 4.41.